The summed E-state index contributed by atoms with van der Waals surface area (Å²) in [7, 11) is 2.06. The molecule has 1 N–H and O–H groups in total. The van der Waals surface area contributed by atoms with Gasteiger partial charge in [-0.3, -0.25) is 0 Å². The standard InChI is InChI=1S/C17H27FN2O/c1-4-9-19-13(2)16-11-14(18)7-8-17(16)20(3)12-15-6-5-10-21-15/h7-8,11,13,15,19H,4-6,9-10,12H2,1-3H3. The molecule has 0 aliphatic carbocycles. The number of nitrogens with zero attached hydrogens (tertiary/aromatic N) is 1. The second-order valence-corrected chi connectivity index (χ2v) is 5.89. The van der Waals surface area contributed by atoms with Gasteiger partial charge in [0.25, 0.3) is 0 Å². The number of halogens is 1. The van der Waals surface area contributed by atoms with E-state index in [0.717, 1.165) is 50.2 Å². The van der Waals surface area contributed by atoms with Crippen molar-refractivity contribution in [1.29, 1.82) is 0 Å². The molecule has 1 saturated heterocycles. The molecule has 2 unspecified atom stereocenters. The molecular formula is C17H27FN2O. The van der Waals surface area contributed by atoms with Crippen LogP contribution < -0.4 is 10.2 Å². The van der Waals surface area contributed by atoms with Crippen LogP contribution in [0.25, 0.3) is 0 Å². The summed E-state index contributed by atoms with van der Waals surface area (Å²) in [5.74, 6) is -0.176. The maximum atomic E-state index is 13.6. The van der Waals surface area contributed by atoms with Crippen molar-refractivity contribution in [3.05, 3.63) is 29.6 Å². The van der Waals surface area contributed by atoms with Gasteiger partial charge in [-0.05, 0) is 56.5 Å². The van der Waals surface area contributed by atoms with Crippen molar-refractivity contribution >= 4 is 5.69 Å². The number of anilines is 1. The zero-order chi connectivity index (χ0) is 15.2. The van der Waals surface area contributed by atoms with Crippen molar-refractivity contribution in [2.75, 3.05) is 31.6 Å². The van der Waals surface area contributed by atoms with Crippen LogP contribution in [0.5, 0.6) is 0 Å². The Morgan fingerprint density at radius 2 is 2.29 bits per heavy atom. The van der Waals surface area contributed by atoms with E-state index in [1.165, 1.54) is 6.07 Å². The smallest absolute Gasteiger partial charge is 0.123 e. The molecular weight excluding hydrogens is 267 g/mol. The zero-order valence-electron chi connectivity index (χ0n) is 13.4. The van der Waals surface area contributed by atoms with E-state index in [2.05, 4.69) is 31.1 Å². The molecule has 0 amide bonds. The molecule has 3 nitrogen and oxygen atoms in total. The topological polar surface area (TPSA) is 24.5 Å². The van der Waals surface area contributed by atoms with Crippen LogP contribution in [0.15, 0.2) is 18.2 Å². The average Bonchev–Trinajstić information content (AvgIpc) is 2.97. The van der Waals surface area contributed by atoms with Crippen LogP contribution in [0, 0.1) is 5.82 Å². The Labute approximate surface area is 127 Å². The highest BCUT2D eigenvalue weighted by atomic mass is 19.1. The van der Waals surface area contributed by atoms with Crippen LogP contribution in [0.3, 0.4) is 0 Å². The monoisotopic (exact) mass is 294 g/mol. The Morgan fingerprint density at radius 1 is 1.48 bits per heavy atom. The Hall–Kier alpha value is -1.13. The number of nitrogens with one attached hydrogen (secondary N) is 1. The van der Waals surface area contributed by atoms with Gasteiger partial charge >= 0.3 is 0 Å². The van der Waals surface area contributed by atoms with E-state index in [-0.39, 0.29) is 11.9 Å². The average molecular weight is 294 g/mol. The van der Waals surface area contributed by atoms with E-state index in [1.54, 1.807) is 6.07 Å². The van der Waals surface area contributed by atoms with Crippen LogP contribution in [0.2, 0.25) is 0 Å². The van der Waals surface area contributed by atoms with E-state index in [4.69, 9.17) is 4.74 Å². The highest BCUT2D eigenvalue weighted by Gasteiger charge is 2.20. The van der Waals surface area contributed by atoms with Gasteiger partial charge in [-0.15, -0.1) is 0 Å². The second-order valence-electron chi connectivity index (χ2n) is 5.89. The first-order valence-electron chi connectivity index (χ1n) is 7.97. The molecule has 2 rings (SSSR count). The van der Waals surface area contributed by atoms with E-state index in [9.17, 15) is 4.39 Å². The minimum atomic E-state index is -0.176. The van der Waals surface area contributed by atoms with E-state index < -0.39 is 0 Å². The molecule has 1 aliphatic rings. The molecule has 0 radical (unpaired) electrons. The third-order valence-corrected chi connectivity index (χ3v) is 4.07. The van der Waals surface area contributed by atoms with Gasteiger partial charge in [0.05, 0.1) is 6.10 Å². The summed E-state index contributed by atoms with van der Waals surface area (Å²) < 4.78 is 19.3. The van der Waals surface area contributed by atoms with Crippen LogP contribution in [0.1, 0.15) is 44.7 Å². The lowest BCUT2D eigenvalue weighted by Crippen LogP contribution is -2.30. The summed E-state index contributed by atoms with van der Waals surface area (Å²) in [6.45, 7) is 6.89. The summed E-state index contributed by atoms with van der Waals surface area (Å²) in [6, 6.07) is 5.21. The molecule has 118 valence electrons. The van der Waals surface area contributed by atoms with Gasteiger partial charge < -0.3 is 15.0 Å². The van der Waals surface area contributed by atoms with Gasteiger partial charge in [0, 0.05) is 31.9 Å². The Balaban J connectivity index is 2.12. The van der Waals surface area contributed by atoms with Gasteiger partial charge in [0.15, 0.2) is 0 Å². The highest BCUT2D eigenvalue weighted by molar-refractivity contribution is 5.54. The zero-order valence-corrected chi connectivity index (χ0v) is 13.4. The number of rotatable bonds is 7. The maximum absolute atomic E-state index is 13.6. The number of hydrogen-bond donors (Lipinski definition) is 1. The molecule has 1 aliphatic heterocycles. The van der Waals surface area contributed by atoms with Gasteiger partial charge in [0.1, 0.15) is 5.82 Å². The van der Waals surface area contributed by atoms with Crippen LogP contribution >= 0.6 is 0 Å². The lowest BCUT2D eigenvalue weighted by Gasteiger charge is -2.27. The number of ether oxygens (including phenoxy) is 1. The molecule has 4 heteroatoms. The first kappa shape index (κ1) is 16.2. The van der Waals surface area contributed by atoms with Crippen molar-refractivity contribution in [3.63, 3.8) is 0 Å². The Morgan fingerprint density at radius 3 is 2.95 bits per heavy atom. The summed E-state index contributed by atoms with van der Waals surface area (Å²) in [5.41, 5.74) is 2.10. The van der Waals surface area contributed by atoms with Gasteiger partial charge in [-0.25, -0.2) is 4.39 Å². The fraction of sp³-hybridized carbons (Fsp3) is 0.647. The lowest BCUT2D eigenvalue weighted by molar-refractivity contribution is 0.116. The molecule has 0 aromatic heterocycles. The summed E-state index contributed by atoms with van der Waals surface area (Å²) in [5, 5.41) is 3.44. The fourth-order valence-corrected chi connectivity index (χ4v) is 2.88. The predicted octanol–water partition coefficient (Wildman–Crippen LogP) is 3.50. The minimum Gasteiger partial charge on any atom is -0.376 e. The van der Waals surface area contributed by atoms with Crippen molar-refractivity contribution in [2.24, 2.45) is 0 Å². The molecule has 0 spiro atoms. The minimum absolute atomic E-state index is 0.141. The number of hydrogen-bond acceptors (Lipinski definition) is 3. The van der Waals surface area contributed by atoms with E-state index in [1.807, 2.05) is 6.07 Å². The van der Waals surface area contributed by atoms with Gasteiger partial charge in [0.2, 0.25) is 0 Å². The molecule has 1 fully saturated rings. The Bertz CT molecular complexity index is 446. The first-order chi connectivity index (χ1) is 10.1. The third kappa shape index (κ3) is 4.42. The summed E-state index contributed by atoms with van der Waals surface area (Å²) in [4.78, 5) is 2.19. The second kappa shape index (κ2) is 7.76. The molecule has 0 bridgehead atoms. The van der Waals surface area contributed by atoms with Gasteiger partial charge in [-0.1, -0.05) is 6.92 Å². The van der Waals surface area contributed by atoms with Crippen molar-refractivity contribution in [1.82, 2.24) is 5.32 Å². The predicted molar refractivity (Wildman–Crippen MR) is 85.4 cm³/mol. The maximum Gasteiger partial charge on any atom is 0.123 e. The van der Waals surface area contributed by atoms with Crippen molar-refractivity contribution in [2.45, 2.75) is 45.3 Å². The van der Waals surface area contributed by atoms with Crippen LogP contribution in [-0.2, 0) is 4.74 Å². The molecule has 0 saturated carbocycles. The molecule has 1 heterocycles. The lowest BCUT2D eigenvalue weighted by atomic mass is 10.0. The molecule has 2 atom stereocenters. The SMILES string of the molecule is CCCNC(C)c1cc(F)ccc1N(C)CC1CCCO1. The number of benzene rings is 1. The summed E-state index contributed by atoms with van der Waals surface area (Å²) >= 11 is 0. The quantitative estimate of drug-likeness (QED) is 0.833. The van der Waals surface area contributed by atoms with Crippen LogP contribution in [0.4, 0.5) is 10.1 Å². The highest BCUT2D eigenvalue weighted by Crippen LogP contribution is 2.28. The third-order valence-electron chi connectivity index (χ3n) is 4.07. The number of likely N-dealkylation sites (N-methyl/N-ethyl adjacent to an activating group) is 1. The van der Waals surface area contributed by atoms with E-state index in [0.29, 0.717) is 6.10 Å². The van der Waals surface area contributed by atoms with E-state index >= 15 is 0 Å². The summed E-state index contributed by atoms with van der Waals surface area (Å²) in [6.07, 6.45) is 3.63. The van der Waals surface area contributed by atoms with Crippen molar-refractivity contribution in [3.8, 4) is 0 Å². The van der Waals surface area contributed by atoms with Gasteiger partial charge in [-0.2, -0.15) is 0 Å². The first-order valence-corrected chi connectivity index (χ1v) is 7.97. The fourth-order valence-electron chi connectivity index (χ4n) is 2.88. The molecule has 1 aromatic rings. The Kier molecular flexibility index (Phi) is 6.00. The molecule has 1 aromatic carbocycles. The normalized spacial score (nSPS) is 19.7. The molecule has 21 heavy (non-hydrogen) atoms. The largest absolute Gasteiger partial charge is 0.376 e. The van der Waals surface area contributed by atoms with Crippen LogP contribution in [-0.4, -0.2) is 32.8 Å². The van der Waals surface area contributed by atoms with Crippen molar-refractivity contribution < 1.29 is 9.13 Å².